The predicted molar refractivity (Wildman–Crippen MR) is 115 cm³/mol. The summed E-state index contributed by atoms with van der Waals surface area (Å²) in [6, 6.07) is 18.9. The summed E-state index contributed by atoms with van der Waals surface area (Å²) >= 11 is 0. The van der Waals surface area contributed by atoms with E-state index < -0.39 is 0 Å². The van der Waals surface area contributed by atoms with Crippen molar-refractivity contribution in [1.82, 2.24) is 4.90 Å². The van der Waals surface area contributed by atoms with Crippen LogP contribution in [-0.4, -0.2) is 43.7 Å². The molecule has 0 spiro atoms. The van der Waals surface area contributed by atoms with Crippen molar-refractivity contribution in [1.29, 1.82) is 0 Å². The summed E-state index contributed by atoms with van der Waals surface area (Å²) < 4.78 is 5.82. The van der Waals surface area contributed by atoms with Crippen molar-refractivity contribution >= 4 is 11.6 Å². The lowest BCUT2D eigenvalue weighted by atomic mass is 9.75. The van der Waals surface area contributed by atoms with Crippen LogP contribution >= 0.6 is 0 Å². The normalized spacial score (nSPS) is 15.8. The molecule has 1 amide bonds. The highest BCUT2D eigenvalue weighted by Gasteiger charge is 2.42. The minimum atomic E-state index is -0.0329. The van der Waals surface area contributed by atoms with E-state index in [2.05, 4.69) is 59.6 Å². The minimum Gasteiger partial charge on any atom is -0.381 e. The lowest BCUT2D eigenvalue weighted by Crippen LogP contribution is -2.59. The van der Waals surface area contributed by atoms with Gasteiger partial charge in [-0.05, 0) is 49.4 Å². The van der Waals surface area contributed by atoms with Gasteiger partial charge in [0.05, 0.1) is 6.61 Å². The van der Waals surface area contributed by atoms with Gasteiger partial charge in [-0.25, -0.2) is 0 Å². The van der Waals surface area contributed by atoms with Gasteiger partial charge < -0.3 is 15.0 Å². The third-order valence-corrected chi connectivity index (χ3v) is 5.51. The van der Waals surface area contributed by atoms with Gasteiger partial charge in [0.2, 0.25) is 5.91 Å². The number of ether oxygens (including phenoxy) is 1. The number of carbonyl (C=O) groups is 1. The van der Waals surface area contributed by atoms with Gasteiger partial charge in [0.15, 0.2) is 0 Å². The van der Waals surface area contributed by atoms with Crippen LogP contribution in [0, 0.1) is 5.41 Å². The van der Waals surface area contributed by atoms with E-state index in [1.54, 1.807) is 0 Å². The van der Waals surface area contributed by atoms with Gasteiger partial charge in [0.25, 0.3) is 0 Å². The van der Waals surface area contributed by atoms with E-state index in [9.17, 15) is 4.79 Å². The topological polar surface area (TPSA) is 41.6 Å². The molecule has 1 N–H and O–H groups in total. The van der Waals surface area contributed by atoms with Gasteiger partial charge in [-0.3, -0.25) is 4.79 Å². The molecular formula is C24H32N2O2. The molecule has 28 heavy (non-hydrogen) atoms. The van der Waals surface area contributed by atoms with Crippen molar-refractivity contribution < 1.29 is 9.53 Å². The molecule has 0 atom stereocenters. The fourth-order valence-electron chi connectivity index (χ4n) is 4.00. The summed E-state index contributed by atoms with van der Waals surface area (Å²) in [5.41, 5.74) is 3.87. The highest BCUT2D eigenvalue weighted by atomic mass is 16.5. The molecule has 2 aromatic carbocycles. The number of hydrogen-bond acceptors (Lipinski definition) is 3. The van der Waals surface area contributed by atoms with E-state index in [0.29, 0.717) is 5.41 Å². The molecule has 4 nitrogen and oxygen atoms in total. The van der Waals surface area contributed by atoms with Gasteiger partial charge in [0, 0.05) is 44.3 Å². The Bertz CT molecular complexity index is 737. The molecule has 0 bridgehead atoms. The zero-order valence-corrected chi connectivity index (χ0v) is 17.1. The second-order valence-electron chi connectivity index (χ2n) is 7.96. The summed E-state index contributed by atoms with van der Waals surface area (Å²) in [5, 5.41) is 2.81. The number of hydrogen-bond donors (Lipinski definition) is 1. The van der Waals surface area contributed by atoms with Gasteiger partial charge in [0.1, 0.15) is 0 Å². The number of rotatable bonds is 10. The fourth-order valence-corrected chi connectivity index (χ4v) is 4.00. The quantitative estimate of drug-likeness (QED) is 0.673. The van der Waals surface area contributed by atoms with Crippen LogP contribution in [0.15, 0.2) is 54.6 Å². The lowest BCUT2D eigenvalue weighted by molar-refractivity contribution is -0.114. The molecule has 1 saturated heterocycles. The number of likely N-dealkylation sites (tertiary alicyclic amines) is 1. The maximum Gasteiger partial charge on any atom is 0.221 e. The molecule has 2 aromatic rings. The number of aryl methyl sites for hydroxylation is 1. The molecule has 3 rings (SSSR count). The number of anilines is 1. The fraction of sp³-hybridized carbons (Fsp3) is 0.458. The first kappa shape index (κ1) is 20.6. The van der Waals surface area contributed by atoms with Gasteiger partial charge in [-0.1, -0.05) is 42.5 Å². The summed E-state index contributed by atoms with van der Waals surface area (Å²) in [7, 11) is 0. The standard InChI is InChI=1S/C24H32N2O2/c1-3-28-19-24(15-13-21-7-5-4-6-8-21)17-26(18-24)16-14-22-9-11-23(12-10-22)25-20(2)27/h4-12H,3,13-19H2,1-2H3,(H,25,27). The monoisotopic (exact) mass is 380 g/mol. The Morgan fingerprint density at radius 1 is 1.04 bits per heavy atom. The molecular weight excluding hydrogens is 348 g/mol. The Kier molecular flexibility index (Phi) is 7.24. The second-order valence-corrected chi connectivity index (χ2v) is 7.96. The van der Waals surface area contributed by atoms with Crippen LogP contribution in [0.25, 0.3) is 0 Å². The number of nitrogens with one attached hydrogen (secondary N) is 1. The van der Waals surface area contributed by atoms with Crippen LogP contribution < -0.4 is 5.32 Å². The molecule has 4 heteroatoms. The number of carbonyl (C=O) groups excluding carboxylic acids is 1. The smallest absolute Gasteiger partial charge is 0.221 e. The lowest BCUT2D eigenvalue weighted by Gasteiger charge is -2.50. The van der Waals surface area contributed by atoms with E-state index in [0.717, 1.165) is 51.4 Å². The molecule has 1 fully saturated rings. The van der Waals surface area contributed by atoms with E-state index >= 15 is 0 Å². The third kappa shape index (κ3) is 5.91. The molecule has 150 valence electrons. The molecule has 0 saturated carbocycles. The van der Waals surface area contributed by atoms with Crippen molar-refractivity contribution in [3.8, 4) is 0 Å². The summed E-state index contributed by atoms with van der Waals surface area (Å²) in [4.78, 5) is 13.6. The highest BCUT2D eigenvalue weighted by molar-refractivity contribution is 5.88. The van der Waals surface area contributed by atoms with Crippen molar-refractivity contribution in [2.75, 3.05) is 38.2 Å². The van der Waals surface area contributed by atoms with Crippen LogP contribution in [0.3, 0.4) is 0 Å². The number of nitrogens with zero attached hydrogens (tertiary/aromatic N) is 1. The van der Waals surface area contributed by atoms with E-state index in [-0.39, 0.29) is 5.91 Å². The zero-order valence-electron chi connectivity index (χ0n) is 17.1. The predicted octanol–water partition coefficient (Wildman–Crippen LogP) is 4.16. The van der Waals surface area contributed by atoms with E-state index in [1.165, 1.54) is 24.5 Å². The van der Waals surface area contributed by atoms with Crippen LogP contribution in [-0.2, 0) is 22.4 Å². The Hall–Kier alpha value is -2.17. The van der Waals surface area contributed by atoms with E-state index in [4.69, 9.17) is 4.74 Å². The Morgan fingerprint density at radius 2 is 1.71 bits per heavy atom. The van der Waals surface area contributed by atoms with Crippen molar-refractivity contribution in [3.63, 3.8) is 0 Å². The van der Waals surface area contributed by atoms with Crippen LogP contribution in [0.2, 0.25) is 0 Å². The summed E-state index contributed by atoms with van der Waals surface area (Å²) in [6.45, 7) is 8.55. The first-order chi connectivity index (χ1) is 13.6. The minimum absolute atomic E-state index is 0.0329. The summed E-state index contributed by atoms with van der Waals surface area (Å²) in [5.74, 6) is -0.0329. The van der Waals surface area contributed by atoms with E-state index in [1.807, 2.05) is 12.1 Å². The number of benzene rings is 2. The zero-order chi connectivity index (χ0) is 19.8. The third-order valence-electron chi connectivity index (χ3n) is 5.51. The largest absolute Gasteiger partial charge is 0.381 e. The molecule has 1 aliphatic heterocycles. The van der Waals surface area contributed by atoms with Gasteiger partial charge in [-0.15, -0.1) is 0 Å². The van der Waals surface area contributed by atoms with Crippen LogP contribution in [0.4, 0.5) is 5.69 Å². The van der Waals surface area contributed by atoms with Gasteiger partial charge >= 0.3 is 0 Å². The molecule has 0 radical (unpaired) electrons. The molecule has 0 aromatic heterocycles. The average Bonchev–Trinajstić information content (AvgIpc) is 2.67. The Morgan fingerprint density at radius 3 is 2.36 bits per heavy atom. The average molecular weight is 381 g/mol. The molecule has 0 aliphatic carbocycles. The van der Waals surface area contributed by atoms with Crippen molar-refractivity contribution in [2.24, 2.45) is 5.41 Å². The highest BCUT2D eigenvalue weighted by Crippen LogP contribution is 2.35. The first-order valence-corrected chi connectivity index (χ1v) is 10.3. The summed E-state index contributed by atoms with van der Waals surface area (Å²) in [6.07, 6.45) is 3.33. The SMILES string of the molecule is CCOCC1(CCc2ccccc2)CN(CCc2ccc(NC(C)=O)cc2)C1. The van der Waals surface area contributed by atoms with Crippen molar-refractivity contribution in [3.05, 3.63) is 65.7 Å². The maximum absolute atomic E-state index is 11.1. The Labute approximate surface area is 168 Å². The molecule has 1 heterocycles. The van der Waals surface area contributed by atoms with Crippen LogP contribution in [0.5, 0.6) is 0 Å². The first-order valence-electron chi connectivity index (χ1n) is 10.3. The molecule has 0 unspecified atom stereocenters. The van der Waals surface area contributed by atoms with Crippen LogP contribution in [0.1, 0.15) is 31.4 Å². The maximum atomic E-state index is 11.1. The van der Waals surface area contributed by atoms with Crippen molar-refractivity contribution in [2.45, 2.75) is 33.1 Å². The second kappa shape index (κ2) is 9.85. The number of amides is 1. The Balaban J connectivity index is 1.47. The van der Waals surface area contributed by atoms with Gasteiger partial charge in [-0.2, -0.15) is 0 Å². The molecule has 1 aliphatic rings.